The van der Waals surface area contributed by atoms with Crippen molar-refractivity contribution in [3.05, 3.63) is 0 Å². The molecule has 0 saturated carbocycles. The highest BCUT2D eigenvalue weighted by Crippen LogP contribution is 2.02. The highest BCUT2D eigenvalue weighted by atomic mass is 16.6. The Kier molecular flexibility index (Phi) is 8.52. The molecule has 0 aromatic rings. The van der Waals surface area contributed by atoms with Crippen molar-refractivity contribution in [1.29, 1.82) is 0 Å². The Labute approximate surface area is 95.7 Å². The van der Waals surface area contributed by atoms with Gasteiger partial charge in [0.1, 0.15) is 6.61 Å². The summed E-state index contributed by atoms with van der Waals surface area (Å²) in [6.45, 7) is 2.86. The van der Waals surface area contributed by atoms with E-state index in [1.807, 2.05) is 6.92 Å². The van der Waals surface area contributed by atoms with Gasteiger partial charge in [-0.25, -0.2) is 0 Å². The maximum atomic E-state index is 11.2. The van der Waals surface area contributed by atoms with Crippen molar-refractivity contribution in [2.45, 2.75) is 45.6 Å². The monoisotopic (exact) mass is 232 g/mol. The van der Waals surface area contributed by atoms with Crippen LogP contribution in [-0.4, -0.2) is 36.4 Å². The van der Waals surface area contributed by atoms with E-state index in [1.54, 1.807) is 0 Å². The number of aliphatic hydroxyl groups excluding tert-OH is 1. The number of rotatable bonds is 8. The fourth-order valence-electron chi connectivity index (χ4n) is 1.14. The minimum atomic E-state index is -0.757. The molecule has 94 valence electrons. The van der Waals surface area contributed by atoms with Gasteiger partial charge in [-0.1, -0.05) is 19.8 Å². The first-order chi connectivity index (χ1) is 7.60. The summed E-state index contributed by atoms with van der Waals surface area (Å²) in [6, 6.07) is 0. The average molecular weight is 232 g/mol. The predicted octanol–water partition coefficient (Wildman–Crippen LogP) is 1.03. The average Bonchev–Trinajstić information content (AvgIpc) is 2.24. The third-order valence-electron chi connectivity index (χ3n) is 1.95. The zero-order valence-corrected chi connectivity index (χ0v) is 9.90. The number of carbonyl (C=O) groups excluding carboxylic acids is 2. The topological polar surface area (TPSA) is 72.8 Å². The van der Waals surface area contributed by atoms with E-state index >= 15 is 0 Å². The molecule has 0 saturated heterocycles. The highest BCUT2D eigenvalue weighted by Gasteiger charge is 2.13. The Bertz CT molecular complexity index is 214. The quantitative estimate of drug-likeness (QED) is 0.500. The number of carbonyl (C=O) groups is 2. The standard InChI is InChI=1S/C11H20O5/c1-3-4-5-6-11(14)15-8-10(7-12)16-9(2)13/h10,12H,3-8H2,1-2H3. The van der Waals surface area contributed by atoms with Gasteiger partial charge in [-0.2, -0.15) is 0 Å². The molecule has 0 radical (unpaired) electrons. The van der Waals surface area contributed by atoms with Gasteiger partial charge in [0, 0.05) is 13.3 Å². The summed E-state index contributed by atoms with van der Waals surface area (Å²) in [5.41, 5.74) is 0. The van der Waals surface area contributed by atoms with E-state index in [0.717, 1.165) is 19.3 Å². The van der Waals surface area contributed by atoms with Crippen LogP contribution in [0, 0.1) is 0 Å². The largest absolute Gasteiger partial charge is 0.462 e. The van der Waals surface area contributed by atoms with Gasteiger partial charge in [0.25, 0.3) is 0 Å². The van der Waals surface area contributed by atoms with E-state index < -0.39 is 12.1 Å². The predicted molar refractivity (Wildman–Crippen MR) is 57.7 cm³/mol. The van der Waals surface area contributed by atoms with Crippen LogP contribution in [0.1, 0.15) is 39.5 Å². The lowest BCUT2D eigenvalue weighted by Crippen LogP contribution is -2.27. The number of hydrogen-bond acceptors (Lipinski definition) is 5. The SMILES string of the molecule is CCCCCC(=O)OCC(CO)OC(C)=O. The van der Waals surface area contributed by atoms with Crippen LogP contribution < -0.4 is 0 Å². The summed E-state index contributed by atoms with van der Waals surface area (Å²) in [5.74, 6) is -0.819. The van der Waals surface area contributed by atoms with E-state index in [4.69, 9.17) is 14.6 Å². The van der Waals surface area contributed by atoms with Crippen LogP contribution in [0.5, 0.6) is 0 Å². The maximum absolute atomic E-state index is 11.2. The highest BCUT2D eigenvalue weighted by molar-refractivity contribution is 5.69. The zero-order chi connectivity index (χ0) is 12.4. The van der Waals surface area contributed by atoms with Gasteiger partial charge in [-0.3, -0.25) is 9.59 Å². The Balaban J connectivity index is 3.66. The first-order valence-corrected chi connectivity index (χ1v) is 5.53. The molecule has 0 amide bonds. The Morgan fingerprint density at radius 1 is 1.31 bits per heavy atom. The minimum absolute atomic E-state index is 0.0823. The van der Waals surface area contributed by atoms with Crippen molar-refractivity contribution in [2.24, 2.45) is 0 Å². The van der Waals surface area contributed by atoms with Crippen LogP contribution in [0.15, 0.2) is 0 Å². The molecule has 1 unspecified atom stereocenters. The molecule has 0 spiro atoms. The molecule has 0 aromatic carbocycles. The molecule has 0 bridgehead atoms. The van der Waals surface area contributed by atoms with Crippen LogP contribution in [0.2, 0.25) is 0 Å². The van der Waals surface area contributed by atoms with Crippen molar-refractivity contribution >= 4 is 11.9 Å². The summed E-state index contributed by atoms with van der Waals surface area (Å²) in [5, 5.41) is 8.83. The maximum Gasteiger partial charge on any atom is 0.305 e. The Morgan fingerprint density at radius 3 is 2.50 bits per heavy atom. The molecular weight excluding hydrogens is 212 g/mol. The molecule has 0 aromatic heterocycles. The van der Waals surface area contributed by atoms with Crippen LogP contribution >= 0.6 is 0 Å². The summed E-state index contributed by atoms with van der Waals surface area (Å²) < 4.78 is 9.58. The van der Waals surface area contributed by atoms with E-state index in [0.29, 0.717) is 6.42 Å². The summed E-state index contributed by atoms with van der Waals surface area (Å²) in [4.78, 5) is 21.8. The molecule has 5 heteroatoms. The van der Waals surface area contributed by atoms with Gasteiger partial charge >= 0.3 is 11.9 Å². The first kappa shape index (κ1) is 14.9. The zero-order valence-electron chi connectivity index (χ0n) is 9.90. The molecule has 1 N–H and O–H groups in total. The number of unbranched alkanes of at least 4 members (excludes halogenated alkanes) is 2. The van der Waals surface area contributed by atoms with Gasteiger partial charge in [0.2, 0.25) is 0 Å². The number of esters is 2. The molecule has 0 aliphatic heterocycles. The van der Waals surface area contributed by atoms with Gasteiger partial charge in [-0.05, 0) is 6.42 Å². The lowest BCUT2D eigenvalue weighted by molar-refractivity contribution is -0.159. The lowest BCUT2D eigenvalue weighted by atomic mass is 10.2. The fraction of sp³-hybridized carbons (Fsp3) is 0.818. The van der Waals surface area contributed by atoms with Crippen LogP contribution in [-0.2, 0) is 19.1 Å². The number of ether oxygens (including phenoxy) is 2. The molecule has 0 heterocycles. The fourth-order valence-corrected chi connectivity index (χ4v) is 1.14. The van der Waals surface area contributed by atoms with E-state index in [1.165, 1.54) is 6.92 Å². The number of aliphatic hydroxyl groups is 1. The second-order valence-corrected chi connectivity index (χ2v) is 3.55. The number of hydrogen-bond donors (Lipinski definition) is 1. The molecule has 5 nitrogen and oxygen atoms in total. The van der Waals surface area contributed by atoms with Crippen molar-refractivity contribution in [3.63, 3.8) is 0 Å². The van der Waals surface area contributed by atoms with E-state index in [-0.39, 0.29) is 19.2 Å². The molecule has 1 atom stereocenters. The summed E-state index contributed by atoms with van der Waals surface area (Å²) >= 11 is 0. The third kappa shape index (κ3) is 8.23. The third-order valence-corrected chi connectivity index (χ3v) is 1.95. The van der Waals surface area contributed by atoms with Crippen molar-refractivity contribution < 1.29 is 24.2 Å². The van der Waals surface area contributed by atoms with Crippen LogP contribution in [0.3, 0.4) is 0 Å². The van der Waals surface area contributed by atoms with Crippen LogP contribution in [0.4, 0.5) is 0 Å². The van der Waals surface area contributed by atoms with E-state index in [9.17, 15) is 9.59 Å². The second-order valence-electron chi connectivity index (χ2n) is 3.55. The molecule has 0 aliphatic carbocycles. The lowest BCUT2D eigenvalue weighted by Gasteiger charge is -2.14. The van der Waals surface area contributed by atoms with Crippen LogP contribution in [0.25, 0.3) is 0 Å². The molecular formula is C11H20O5. The smallest absolute Gasteiger partial charge is 0.305 e. The van der Waals surface area contributed by atoms with Crippen molar-refractivity contribution in [1.82, 2.24) is 0 Å². The molecule has 0 aliphatic rings. The first-order valence-electron chi connectivity index (χ1n) is 5.53. The van der Waals surface area contributed by atoms with Crippen molar-refractivity contribution in [3.8, 4) is 0 Å². The normalized spacial score (nSPS) is 11.9. The molecule has 0 fully saturated rings. The van der Waals surface area contributed by atoms with Gasteiger partial charge in [-0.15, -0.1) is 0 Å². The summed E-state index contributed by atoms with van der Waals surface area (Å²) in [6.07, 6.45) is 2.44. The van der Waals surface area contributed by atoms with Crippen molar-refractivity contribution in [2.75, 3.05) is 13.2 Å². The van der Waals surface area contributed by atoms with Gasteiger partial charge in [0.15, 0.2) is 6.10 Å². The summed E-state index contributed by atoms with van der Waals surface area (Å²) in [7, 11) is 0. The van der Waals surface area contributed by atoms with Gasteiger partial charge in [0.05, 0.1) is 6.61 Å². The molecule has 16 heavy (non-hydrogen) atoms. The molecule has 0 rings (SSSR count). The van der Waals surface area contributed by atoms with Gasteiger partial charge < -0.3 is 14.6 Å². The van der Waals surface area contributed by atoms with E-state index in [2.05, 4.69) is 0 Å². The Hall–Kier alpha value is -1.10. The Morgan fingerprint density at radius 2 is 2.00 bits per heavy atom. The minimum Gasteiger partial charge on any atom is -0.462 e. The second kappa shape index (κ2) is 9.15.